The van der Waals surface area contributed by atoms with Crippen molar-refractivity contribution in [2.45, 2.75) is 57.4 Å². The molecule has 0 aromatic heterocycles. The lowest BCUT2D eigenvalue weighted by Gasteiger charge is -2.14. The Balaban J connectivity index is 1.45. The van der Waals surface area contributed by atoms with Crippen LogP contribution in [0, 0.1) is 0 Å². The van der Waals surface area contributed by atoms with Gasteiger partial charge in [-0.05, 0) is 68.5 Å². The molecule has 1 saturated carbocycles. The molecule has 0 heterocycles. The number of allylic oxidation sites excluding steroid dienone is 1. The lowest BCUT2D eigenvalue weighted by molar-refractivity contribution is 0.631. The standard InChI is InChI=1S/C18H25N/c1-2-6-15(7-3-1)12-13-19-14-17-8-4-5-9-18(17)16-10-11-16/h4-6,8-9,16,19H,1-3,7,10-14H2. The van der Waals surface area contributed by atoms with Crippen LogP contribution in [0.1, 0.15) is 62.0 Å². The predicted octanol–water partition coefficient (Wildman–Crippen LogP) is 4.54. The van der Waals surface area contributed by atoms with Crippen LogP contribution in [0.3, 0.4) is 0 Å². The quantitative estimate of drug-likeness (QED) is 0.581. The molecule has 1 fully saturated rings. The molecule has 3 rings (SSSR count). The van der Waals surface area contributed by atoms with Gasteiger partial charge in [0.05, 0.1) is 0 Å². The predicted molar refractivity (Wildman–Crippen MR) is 81.3 cm³/mol. The van der Waals surface area contributed by atoms with E-state index in [4.69, 9.17) is 0 Å². The van der Waals surface area contributed by atoms with Crippen molar-refractivity contribution in [3.8, 4) is 0 Å². The van der Waals surface area contributed by atoms with Crippen LogP contribution < -0.4 is 5.32 Å². The van der Waals surface area contributed by atoms with Crippen LogP contribution in [0.15, 0.2) is 35.9 Å². The third-order valence-corrected chi connectivity index (χ3v) is 4.40. The molecule has 1 nitrogen and oxygen atoms in total. The fourth-order valence-electron chi connectivity index (χ4n) is 3.09. The van der Waals surface area contributed by atoms with Crippen LogP contribution in [0.2, 0.25) is 0 Å². The van der Waals surface area contributed by atoms with Gasteiger partial charge in [0, 0.05) is 6.54 Å². The minimum absolute atomic E-state index is 0.860. The maximum atomic E-state index is 3.63. The van der Waals surface area contributed by atoms with Crippen LogP contribution in [0.4, 0.5) is 0 Å². The molecular weight excluding hydrogens is 230 g/mol. The second-order valence-corrected chi connectivity index (χ2v) is 6.01. The van der Waals surface area contributed by atoms with Crippen LogP contribution in [-0.2, 0) is 6.54 Å². The molecule has 0 unspecified atom stereocenters. The van der Waals surface area contributed by atoms with Gasteiger partial charge in [0.15, 0.2) is 0 Å². The number of rotatable bonds is 6. The van der Waals surface area contributed by atoms with E-state index in [2.05, 4.69) is 35.7 Å². The summed E-state index contributed by atoms with van der Waals surface area (Å²) in [7, 11) is 0. The Hall–Kier alpha value is -1.08. The molecular formula is C18H25N. The lowest BCUT2D eigenvalue weighted by Crippen LogP contribution is -2.16. The van der Waals surface area contributed by atoms with Gasteiger partial charge >= 0.3 is 0 Å². The number of nitrogens with one attached hydrogen (secondary N) is 1. The Morgan fingerprint density at radius 2 is 2.00 bits per heavy atom. The highest BCUT2D eigenvalue weighted by Crippen LogP contribution is 2.41. The molecule has 2 aliphatic rings. The first-order chi connectivity index (χ1) is 9.43. The summed E-state index contributed by atoms with van der Waals surface area (Å²) in [5.41, 5.74) is 4.78. The van der Waals surface area contributed by atoms with Gasteiger partial charge in [-0.1, -0.05) is 35.9 Å². The smallest absolute Gasteiger partial charge is 0.0208 e. The van der Waals surface area contributed by atoms with E-state index in [0.717, 1.165) is 19.0 Å². The van der Waals surface area contributed by atoms with Crippen molar-refractivity contribution < 1.29 is 0 Å². The molecule has 1 N–H and O–H groups in total. The maximum absolute atomic E-state index is 3.63. The van der Waals surface area contributed by atoms with Gasteiger partial charge in [0.25, 0.3) is 0 Å². The normalized spacial score (nSPS) is 19.3. The van der Waals surface area contributed by atoms with Crippen molar-refractivity contribution in [3.05, 3.63) is 47.0 Å². The molecule has 0 spiro atoms. The maximum Gasteiger partial charge on any atom is 0.0208 e. The zero-order valence-electron chi connectivity index (χ0n) is 11.8. The first-order valence-corrected chi connectivity index (χ1v) is 7.90. The Labute approximate surface area is 117 Å². The summed E-state index contributed by atoms with van der Waals surface area (Å²) in [6, 6.07) is 8.97. The molecule has 0 bridgehead atoms. The monoisotopic (exact) mass is 255 g/mol. The summed E-state index contributed by atoms with van der Waals surface area (Å²) in [4.78, 5) is 0. The Bertz CT molecular complexity index is 443. The van der Waals surface area contributed by atoms with Crippen LogP contribution in [0.5, 0.6) is 0 Å². The van der Waals surface area contributed by atoms with E-state index in [0.29, 0.717) is 0 Å². The van der Waals surface area contributed by atoms with Gasteiger partial charge in [-0.2, -0.15) is 0 Å². The van der Waals surface area contributed by atoms with E-state index < -0.39 is 0 Å². The molecule has 0 saturated heterocycles. The van der Waals surface area contributed by atoms with Crippen LogP contribution in [0.25, 0.3) is 0 Å². The Morgan fingerprint density at radius 1 is 1.11 bits per heavy atom. The van der Waals surface area contributed by atoms with E-state index in [-0.39, 0.29) is 0 Å². The molecule has 0 radical (unpaired) electrons. The van der Waals surface area contributed by atoms with Gasteiger partial charge in [-0.3, -0.25) is 0 Å². The Morgan fingerprint density at radius 3 is 2.79 bits per heavy atom. The summed E-state index contributed by atoms with van der Waals surface area (Å²) in [6.45, 7) is 2.17. The summed E-state index contributed by atoms with van der Waals surface area (Å²) in [5.74, 6) is 0.860. The molecule has 0 atom stereocenters. The highest BCUT2D eigenvalue weighted by atomic mass is 14.8. The fraction of sp³-hybridized carbons (Fsp3) is 0.556. The molecule has 1 heteroatoms. The third-order valence-electron chi connectivity index (χ3n) is 4.40. The molecule has 2 aliphatic carbocycles. The average molecular weight is 255 g/mol. The molecule has 1 aromatic rings. The van der Waals surface area contributed by atoms with Crippen molar-refractivity contribution in [2.75, 3.05) is 6.54 Å². The van der Waals surface area contributed by atoms with Crippen molar-refractivity contribution >= 4 is 0 Å². The van der Waals surface area contributed by atoms with Gasteiger partial charge in [0.2, 0.25) is 0 Å². The SMILES string of the molecule is C1=C(CCNCc2ccccc2C2CC2)CCCC1. The van der Waals surface area contributed by atoms with Gasteiger partial charge in [-0.15, -0.1) is 0 Å². The lowest BCUT2D eigenvalue weighted by atomic mass is 9.97. The van der Waals surface area contributed by atoms with Crippen molar-refractivity contribution in [3.63, 3.8) is 0 Å². The second-order valence-electron chi connectivity index (χ2n) is 6.01. The van der Waals surface area contributed by atoms with E-state index in [1.165, 1.54) is 50.5 Å². The van der Waals surface area contributed by atoms with Crippen molar-refractivity contribution in [1.29, 1.82) is 0 Å². The summed E-state index contributed by atoms with van der Waals surface area (Å²) in [5, 5.41) is 3.63. The van der Waals surface area contributed by atoms with E-state index in [1.807, 2.05) is 0 Å². The molecule has 0 aliphatic heterocycles. The molecule has 102 valence electrons. The minimum Gasteiger partial charge on any atom is -0.312 e. The van der Waals surface area contributed by atoms with Gasteiger partial charge in [0.1, 0.15) is 0 Å². The molecule has 19 heavy (non-hydrogen) atoms. The average Bonchev–Trinajstić information content (AvgIpc) is 3.30. The van der Waals surface area contributed by atoms with Crippen LogP contribution >= 0.6 is 0 Å². The Kier molecular flexibility index (Phi) is 4.34. The number of benzene rings is 1. The molecule has 0 amide bonds. The topological polar surface area (TPSA) is 12.0 Å². The third kappa shape index (κ3) is 3.70. The summed E-state index contributed by atoms with van der Waals surface area (Å²) in [6.07, 6.45) is 11.9. The second kappa shape index (κ2) is 6.38. The van der Waals surface area contributed by atoms with Crippen molar-refractivity contribution in [1.82, 2.24) is 5.32 Å². The van der Waals surface area contributed by atoms with Gasteiger partial charge < -0.3 is 5.32 Å². The van der Waals surface area contributed by atoms with E-state index in [1.54, 1.807) is 11.1 Å². The number of hydrogen-bond donors (Lipinski definition) is 1. The number of hydrogen-bond acceptors (Lipinski definition) is 1. The summed E-state index contributed by atoms with van der Waals surface area (Å²) < 4.78 is 0. The fourth-order valence-corrected chi connectivity index (χ4v) is 3.09. The largest absolute Gasteiger partial charge is 0.312 e. The first-order valence-electron chi connectivity index (χ1n) is 7.90. The summed E-state index contributed by atoms with van der Waals surface area (Å²) >= 11 is 0. The highest BCUT2D eigenvalue weighted by Gasteiger charge is 2.25. The van der Waals surface area contributed by atoms with E-state index in [9.17, 15) is 0 Å². The highest BCUT2D eigenvalue weighted by molar-refractivity contribution is 5.33. The van der Waals surface area contributed by atoms with Crippen molar-refractivity contribution in [2.24, 2.45) is 0 Å². The zero-order valence-corrected chi connectivity index (χ0v) is 11.8. The van der Waals surface area contributed by atoms with Gasteiger partial charge in [-0.25, -0.2) is 0 Å². The minimum atomic E-state index is 0.860. The molecule has 1 aromatic carbocycles. The van der Waals surface area contributed by atoms with Crippen LogP contribution in [-0.4, -0.2) is 6.54 Å². The van der Waals surface area contributed by atoms with E-state index >= 15 is 0 Å². The zero-order chi connectivity index (χ0) is 12.9. The first kappa shape index (κ1) is 12.9.